The van der Waals surface area contributed by atoms with E-state index in [0.29, 0.717) is 11.7 Å². The van der Waals surface area contributed by atoms with Gasteiger partial charge in [-0.2, -0.15) is 0 Å². The van der Waals surface area contributed by atoms with Crippen LogP contribution in [0.2, 0.25) is 0 Å². The first-order valence-electron chi connectivity index (χ1n) is 5.65. The maximum atomic E-state index is 5.83. The monoisotopic (exact) mass is 307 g/mol. The predicted octanol–water partition coefficient (Wildman–Crippen LogP) is 3.48. The average Bonchev–Trinajstić information content (AvgIpc) is 2.34. The first-order chi connectivity index (χ1) is 8.61. The third kappa shape index (κ3) is 2.61. The maximum absolute atomic E-state index is 5.83. The minimum absolute atomic E-state index is 0.468. The van der Waals surface area contributed by atoms with E-state index in [1.165, 1.54) is 6.33 Å². The molecule has 4 nitrogen and oxygen atoms in total. The summed E-state index contributed by atoms with van der Waals surface area (Å²) in [5.41, 5.74) is 7.68. The maximum Gasteiger partial charge on any atom is 0.227 e. The normalized spacial score (nSPS) is 10.4. The number of halogens is 1. The lowest BCUT2D eigenvalue weighted by atomic mass is 10.2. The molecule has 2 rings (SSSR count). The summed E-state index contributed by atoms with van der Waals surface area (Å²) in [6.45, 7) is 3.98. The number of nitrogens with two attached hydrogens (primary N) is 1. The van der Waals surface area contributed by atoms with Crippen LogP contribution < -0.4 is 10.5 Å². The van der Waals surface area contributed by atoms with E-state index in [0.717, 1.165) is 27.8 Å². The summed E-state index contributed by atoms with van der Waals surface area (Å²) in [4.78, 5) is 8.12. The second-order valence-corrected chi connectivity index (χ2v) is 4.82. The number of benzene rings is 1. The van der Waals surface area contributed by atoms with Crippen LogP contribution in [0.5, 0.6) is 11.6 Å². The molecule has 1 aromatic heterocycles. The molecule has 0 spiro atoms. The van der Waals surface area contributed by atoms with Crippen LogP contribution in [0.25, 0.3) is 0 Å². The van der Waals surface area contributed by atoms with E-state index in [1.54, 1.807) is 0 Å². The number of nitrogen functional groups attached to an aromatic ring is 1. The van der Waals surface area contributed by atoms with Gasteiger partial charge in [-0.05, 0) is 31.0 Å². The third-order valence-corrected chi connectivity index (χ3v) is 3.14. The highest BCUT2D eigenvalue weighted by Gasteiger charge is 2.11. The van der Waals surface area contributed by atoms with Crippen LogP contribution in [0.1, 0.15) is 18.1 Å². The Bertz CT molecular complexity index is 572. The number of ether oxygens (including phenoxy) is 1. The molecule has 0 aliphatic heterocycles. The number of hydrogen-bond acceptors (Lipinski definition) is 4. The lowest BCUT2D eigenvalue weighted by molar-refractivity contribution is 0.452. The van der Waals surface area contributed by atoms with Crippen LogP contribution in [-0.4, -0.2) is 9.97 Å². The molecule has 0 amide bonds. The number of nitrogens with zero attached hydrogens (tertiary/aromatic N) is 2. The zero-order valence-electron chi connectivity index (χ0n) is 10.3. The van der Waals surface area contributed by atoms with Gasteiger partial charge in [-0.25, -0.2) is 9.97 Å². The van der Waals surface area contributed by atoms with Gasteiger partial charge in [-0.3, -0.25) is 0 Å². The molecule has 18 heavy (non-hydrogen) atoms. The van der Waals surface area contributed by atoms with Crippen molar-refractivity contribution in [3.63, 3.8) is 0 Å². The minimum Gasteiger partial charge on any atom is -0.438 e. The highest BCUT2D eigenvalue weighted by Crippen LogP contribution is 2.30. The molecule has 0 radical (unpaired) electrons. The fraction of sp³-hybridized carbons (Fsp3) is 0.231. The van der Waals surface area contributed by atoms with E-state index in [-0.39, 0.29) is 0 Å². The average molecular weight is 308 g/mol. The van der Waals surface area contributed by atoms with E-state index >= 15 is 0 Å². The minimum atomic E-state index is 0.468. The molecule has 2 N–H and O–H groups in total. The van der Waals surface area contributed by atoms with Gasteiger partial charge < -0.3 is 10.5 Å². The summed E-state index contributed by atoms with van der Waals surface area (Å²) in [7, 11) is 0. The molecule has 0 saturated heterocycles. The molecule has 0 bridgehead atoms. The molecular weight excluding hydrogens is 294 g/mol. The van der Waals surface area contributed by atoms with Crippen LogP contribution in [0.15, 0.2) is 29.0 Å². The number of anilines is 1. The van der Waals surface area contributed by atoms with Crippen molar-refractivity contribution in [3.8, 4) is 11.6 Å². The third-order valence-electron chi connectivity index (χ3n) is 2.65. The summed E-state index contributed by atoms with van der Waals surface area (Å²) in [6, 6.07) is 5.86. The Kier molecular flexibility index (Phi) is 3.81. The number of hydrogen-bond donors (Lipinski definition) is 1. The van der Waals surface area contributed by atoms with E-state index in [4.69, 9.17) is 10.5 Å². The first-order valence-corrected chi connectivity index (χ1v) is 6.44. The molecule has 2 aromatic rings. The van der Waals surface area contributed by atoms with Crippen molar-refractivity contribution in [3.05, 3.63) is 40.1 Å². The van der Waals surface area contributed by atoms with Crippen LogP contribution in [0.4, 0.5) is 5.82 Å². The fourth-order valence-electron chi connectivity index (χ4n) is 1.62. The molecule has 0 atom stereocenters. The van der Waals surface area contributed by atoms with Gasteiger partial charge in [0.2, 0.25) is 5.88 Å². The van der Waals surface area contributed by atoms with Gasteiger partial charge in [-0.1, -0.05) is 28.9 Å². The SMILES string of the molecule is CCc1c(N)ncnc1Oc1cc(Br)ccc1C. The van der Waals surface area contributed by atoms with Crippen molar-refractivity contribution in [2.75, 3.05) is 5.73 Å². The number of aryl methyl sites for hydroxylation is 1. The molecule has 0 fully saturated rings. The topological polar surface area (TPSA) is 61.0 Å². The lowest BCUT2D eigenvalue weighted by Crippen LogP contribution is -2.02. The van der Waals surface area contributed by atoms with Crippen LogP contribution in [0.3, 0.4) is 0 Å². The summed E-state index contributed by atoms with van der Waals surface area (Å²) in [5, 5.41) is 0. The largest absolute Gasteiger partial charge is 0.438 e. The molecule has 5 heteroatoms. The molecule has 1 heterocycles. The van der Waals surface area contributed by atoms with Crippen LogP contribution >= 0.6 is 15.9 Å². The van der Waals surface area contributed by atoms with Crippen molar-refractivity contribution in [1.82, 2.24) is 9.97 Å². The summed E-state index contributed by atoms with van der Waals surface area (Å²) < 4.78 is 6.79. The molecular formula is C13H14BrN3O. The van der Waals surface area contributed by atoms with Crippen LogP contribution in [-0.2, 0) is 6.42 Å². The Labute approximate surface area is 114 Å². The van der Waals surface area contributed by atoms with Crippen molar-refractivity contribution in [1.29, 1.82) is 0 Å². The second-order valence-electron chi connectivity index (χ2n) is 3.91. The fourth-order valence-corrected chi connectivity index (χ4v) is 1.96. The van der Waals surface area contributed by atoms with Crippen molar-refractivity contribution < 1.29 is 4.74 Å². The molecule has 0 aliphatic rings. The van der Waals surface area contributed by atoms with Gasteiger partial charge in [0, 0.05) is 4.47 Å². The highest BCUT2D eigenvalue weighted by molar-refractivity contribution is 9.10. The van der Waals surface area contributed by atoms with E-state index in [1.807, 2.05) is 32.0 Å². The molecule has 0 saturated carbocycles. The van der Waals surface area contributed by atoms with Gasteiger partial charge in [0.25, 0.3) is 0 Å². The highest BCUT2D eigenvalue weighted by atomic mass is 79.9. The quantitative estimate of drug-likeness (QED) is 0.943. The van der Waals surface area contributed by atoms with E-state index < -0.39 is 0 Å². The molecule has 1 aromatic carbocycles. The van der Waals surface area contributed by atoms with Crippen molar-refractivity contribution >= 4 is 21.7 Å². The van der Waals surface area contributed by atoms with Crippen molar-refractivity contribution in [2.24, 2.45) is 0 Å². The lowest BCUT2D eigenvalue weighted by Gasteiger charge is -2.12. The second kappa shape index (κ2) is 5.35. The Morgan fingerprint density at radius 2 is 2.11 bits per heavy atom. The molecule has 0 unspecified atom stereocenters. The molecule has 94 valence electrons. The standard InChI is InChI=1S/C13H14BrN3O/c1-3-10-12(15)16-7-17-13(10)18-11-6-9(14)5-4-8(11)2/h4-7H,3H2,1-2H3,(H2,15,16,17). The summed E-state index contributed by atoms with van der Waals surface area (Å²) >= 11 is 3.42. The Morgan fingerprint density at radius 1 is 1.33 bits per heavy atom. The zero-order chi connectivity index (χ0) is 13.1. The summed E-state index contributed by atoms with van der Waals surface area (Å²) in [6.07, 6.45) is 2.15. The Hall–Kier alpha value is -1.62. The smallest absolute Gasteiger partial charge is 0.227 e. The number of rotatable bonds is 3. The van der Waals surface area contributed by atoms with Crippen LogP contribution in [0, 0.1) is 6.92 Å². The van der Waals surface area contributed by atoms with Gasteiger partial charge in [-0.15, -0.1) is 0 Å². The number of aromatic nitrogens is 2. The zero-order valence-corrected chi connectivity index (χ0v) is 11.9. The Balaban J connectivity index is 2.40. The Morgan fingerprint density at radius 3 is 2.83 bits per heavy atom. The van der Waals surface area contributed by atoms with Gasteiger partial charge >= 0.3 is 0 Å². The van der Waals surface area contributed by atoms with E-state index in [9.17, 15) is 0 Å². The first kappa shape index (κ1) is 12.8. The van der Waals surface area contributed by atoms with Gasteiger partial charge in [0.1, 0.15) is 17.9 Å². The molecule has 0 aliphatic carbocycles. The predicted molar refractivity (Wildman–Crippen MR) is 74.8 cm³/mol. The van der Waals surface area contributed by atoms with Crippen molar-refractivity contribution in [2.45, 2.75) is 20.3 Å². The van der Waals surface area contributed by atoms with Gasteiger partial charge in [0.05, 0.1) is 5.56 Å². The van der Waals surface area contributed by atoms with Gasteiger partial charge in [0.15, 0.2) is 0 Å². The summed E-state index contributed by atoms with van der Waals surface area (Å²) in [5.74, 6) is 1.75. The van der Waals surface area contributed by atoms with E-state index in [2.05, 4.69) is 25.9 Å².